The van der Waals surface area contributed by atoms with E-state index in [4.69, 9.17) is 15.7 Å². The number of hydrogen-bond donors (Lipinski definition) is 2. The van der Waals surface area contributed by atoms with Gasteiger partial charge in [-0.25, -0.2) is 19.6 Å². The SMILES string of the molecule is Cc1cn(C)nc1C(=O)N[C@H]1CCc2cc(-n3c(-c4cccnc4N)nc4ccc(-n5cccn5)nc43)ccc21. The molecule has 3 N–H and O–H groups in total. The van der Waals surface area contributed by atoms with Gasteiger partial charge in [-0.1, -0.05) is 6.07 Å². The van der Waals surface area contributed by atoms with Crippen molar-refractivity contribution in [2.75, 3.05) is 5.73 Å². The number of nitrogens with zero attached hydrogens (tertiary/aromatic N) is 8. The monoisotopic (exact) mass is 530 g/mol. The Bertz CT molecular complexity index is 1900. The average molecular weight is 531 g/mol. The molecule has 0 unspecified atom stereocenters. The molecule has 1 aromatic carbocycles. The van der Waals surface area contributed by atoms with E-state index >= 15 is 0 Å². The number of aryl methyl sites for hydroxylation is 3. The molecule has 0 saturated heterocycles. The number of pyridine rings is 2. The fourth-order valence-electron chi connectivity index (χ4n) is 5.46. The van der Waals surface area contributed by atoms with Crippen LogP contribution in [0.2, 0.25) is 0 Å². The van der Waals surface area contributed by atoms with E-state index in [0.717, 1.165) is 46.3 Å². The summed E-state index contributed by atoms with van der Waals surface area (Å²) in [6, 6.07) is 15.6. The van der Waals surface area contributed by atoms with Gasteiger partial charge in [0.1, 0.15) is 11.3 Å². The number of carbonyl (C=O) groups excluding carboxylic acids is 1. The van der Waals surface area contributed by atoms with Crippen molar-refractivity contribution in [3.05, 3.63) is 95.7 Å². The topological polar surface area (TPSA) is 134 Å². The first kappa shape index (κ1) is 23.8. The van der Waals surface area contributed by atoms with Crippen LogP contribution in [0, 0.1) is 6.92 Å². The summed E-state index contributed by atoms with van der Waals surface area (Å²) < 4.78 is 5.39. The third kappa shape index (κ3) is 3.90. The molecule has 1 aliphatic carbocycles. The van der Waals surface area contributed by atoms with Gasteiger partial charge in [-0.15, -0.1) is 0 Å². The van der Waals surface area contributed by atoms with E-state index in [2.05, 4.69) is 32.6 Å². The Labute approximate surface area is 229 Å². The highest BCUT2D eigenvalue weighted by molar-refractivity contribution is 5.94. The molecule has 1 atom stereocenters. The van der Waals surface area contributed by atoms with Crippen molar-refractivity contribution in [3.63, 3.8) is 0 Å². The molecule has 0 fully saturated rings. The van der Waals surface area contributed by atoms with Crippen molar-refractivity contribution in [1.29, 1.82) is 0 Å². The van der Waals surface area contributed by atoms with Crippen LogP contribution in [-0.4, -0.2) is 45.0 Å². The third-order valence-corrected chi connectivity index (χ3v) is 7.30. The normalized spacial score (nSPS) is 14.5. The number of fused-ring (bicyclic) bond motifs is 2. The molecule has 0 radical (unpaired) electrons. The van der Waals surface area contributed by atoms with Crippen molar-refractivity contribution in [3.8, 4) is 22.9 Å². The van der Waals surface area contributed by atoms with Gasteiger partial charge >= 0.3 is 0 Å². The van der Waals surface area contributed by atoms with Gasteiger partial charge in [-0.05, 0) is 73.4 Å². The average Bonchev–Trinajstić information content (AvgIpc) is 3.74. The van der Waals surface area contributed by atoms with E-state index < -0.39 is 0 Å². The van der Waals surface area contributed by atoms with Crippen LogP contribution in [0.3, 0.4) is 0 Å². The van der Waals surface area contributed by atoms with Gasteiger partial charge in [-0.3, -0.25) is 14.0 Å². The Hall–Kier alpha value is -5.32. The van der Waals surface area contributed by atoms with Gasteiger partial charge in [0.15, 0.2) is 23.0 Å². The van der Waals surface area contributed by atoms with E-state index in [1.807, 2.05) is 67.3 Å². The Morgan fingerprint density at radius 1 is 1.10 bits per heavy atom. The number of aromatic nitrogens is 8. The number of hydrogen-bond acceptors (Lipinski definition) is 7. The van der Waals surface area contributed by atoms with Gasteiger partial charge in [0, 0.05) is 43.1 Å². The molecule has 198 valence electrons. The number of nitrogen functional groups attached to an aromatic ring is 1. The minimum absolute atomic E-state index is 0.0875. The second-order valence-electron chi connectivity index (χ2n) is 9.95. The molecule has 7 rings (SSSR count). The molecule has 0 bridgehead atoms. The molecule has 0 aliphatic heterocycles. The Morgan fingerprint density at radius 2 is 2.00 bits per heavy atom. The summed E-state index contributed by atoms with van der Waals surface area (Å²) in [5, 5.41) is 11.8. The minimum atomic E-state index is -0.162. The zero-order valence-corrected chi connectivity index (χ0v) is 22.0. The molecular formula is C29H26N10O. The van der Waals surface area contributed by atoms with Crippen molar-refractivity contribution < 1.29 is 4.79 Å². The van der Waals surface area contributed by atoms with Crippen LogP contribution in [-0.2, 0) is 13.5 Å². The number of nitrogens with one attached hydrogen (secondary N) is 1. The summed E-state index contributed by atoms with van der Waals surface area (Å²) in [6.07, 6.45) is 8.72. The van der Waals surface area contributed by atoms with Crippen LogP contribution >= 0.6 is 0 Å². The molecule has 1 aliphatic rings. The van der Waals surface area contributed by atoms with Gasteiger partial charge in [0.25, 0.3) is 5.91 Å². The van der Waals surface area contributed by atoms with E-state index in [1.165, 1.54) is 0 Å². The lowest BCUT2D eigenvalue weighted by Crippen LogP contribution is -2.28. The summed E-state index contributed by atoms with van der Waals surface area (Å²) >= 11 is 0. The molecule has 11 heteroatoms. The summed E-state index contributed by atoms with van der Waals surface area (Å²) in [4.78, 5) is 27.1. The van der Waals surface area contributed by atoms with Gasteiger partial charge < -0.3 is 11.1 Å². The number of anilines is 1. The van der Waals surface area contributed by atoms with E-state index in [1.54, 1.807) is 21.8 Å². The first-order valence-corrected chi connectivity index (χ1v) is 13.0. The van der Waals surface area contributed by atoms with Crippen LogP contribution in [0.5, 0.6) is 0 Å². The van der Waals surface area contributed by atoms with Crippen molar-refractivity contribution in [1.82, 2.24) is 44.4 Å². The van der Waals surface area contributed by atoms with E-state index in [9.17, 15) is 4.79 Å². The maximum Gasteiger partial charge on any atom is 0.272 e. The van der Waals surface area contributed by atoms with Crippen LogP contribution in [0.15, 0.2) is 73.3 Å². The molecular weight excluding hydrogens is 504 g/mol. The largest absolute Gasteiger partial charge is 0.383 e. The molecule has 0 saturated carbocycles. The second kappa shape index (κ2) is 9.16. The number of benzene rings is 1. The number of rotatable bonds is 5. The van der Waals surface area contributed by atoms with Crippen molar-refractivity contribution in [2.45, 2.75) is 25.8 Å². The quantitative estimate of drug-likeness (QED) is 0.347. The zero-order valence-electron chi connectivity index (χ0n) is 22.0. The predicted octanol–water partition coefficient (Wildman–Crippen LogP) is 3.71. The van der Waals surface area contributed by atoms with E-state index in [-0.39, 0.29) is 11.9 Å². The fourth-order valence-corrected chi connectivity index (χ4v) is 5.46. The highest BCUT2D eigenvalue weighted by atomic mass is 16.2. The first-order chi connectivity index (χ1) is 19.5. The van der Waals surface area contributed by atoms with Crippen molar-refractivity contribution in [2.24, 2.45) is 7.05 Å². The first-order valence-electron chi connectivity index (χ1n) is 13.0. The van der Waals surface area contributed by atoms with Crippen LogP contribution < -0.4 is 11.1 Å². The highest BCUT2D eigenvalue weighted by Gasteiger charge is 2.27. The Kier molecular flexibility index (Phi) is 5.44. The Balaban J connectivity index is 1.32. The molecule has 1 amide bonds. The van der Waals surface area contributed by atoms with Gasteiger partial charge in [0.05, 0.1) is 11.6 Å². The fraction of sp³-hybridized carbons (Fsp3) is 0.172. The minimum Gasteiger partial charge on any atom is -0.383 e. The Morgan fingerprint density at radius 3 is 2.77 bits per heavy atom. The maximum atomic E-state index is 13.0. The smallest absolute Gasteiger partial charge is 0.272 e. The molecule has 6 aromatic rings. The molecule has 11 nitrogen and oxygen atoms in total. The zero-order chi connectivity index (χ0) is 27.4. The summed E-state index contributed by atoms with van der Waals surface area (Å²) in [5.74, 6) is 1.56. The molecule has 5 aromatic heterocycles. The van der Waals surface area contributed by atoms with Crippen LogP contribution in [0.4, 0.5) is 5.82 Å². The number of nitrogens with two attached hydrogens (primary N) is 1. The maximum absolute atomic E-state index is 13.0. The lowest BCUT2D eigenvalue weighted by Gasteiger charge is -2.15. The molecule has 0 spiro atoms. The van der Waals surface area contributed by atoms with E-state index in [0.29, 0.717) is 28.8 Å². The van der Waals surface area contributed by atoms with Crippen molar-refractivity contribution >= 4 is 22.9 Å². The summed E-state index contributed by atoms with van der Waals surface area (Å²) in [5.41, 5.74) is 12.9. The molecule has 5 heterocycles. The summed E-state index contributed by atoms with van der Waals surface area (Å²) in [7, 11) is 1.82. The third-order valence-electron chi connectivity index (χ3n) is 7.30. The number of imidazole rings is 1. The van der Waals surface area contributed by atoms with Gasteiger partial charge in [0.2, 0.25) is 0 Å². The lowest BCUT2D eigenvalue weighted by atomic mass is 10.1. The number of carbonyl (C=O) groups is 1. The molecule has 40 heavy (non-hydrogen) atoms. The van der Waals surface area contributed by atoms with Crippen LogP contribution in [0.1, 0.15) is 39.6 Å². The van der Waals surface area contributed by atoms with Crippen LogP contribution in [0.25, 0.3) is 34.1 Å². The summed E-state index contributed by atoms with van der Waals surface area (Å²) in [6.45, 7) is 1.89. The van der Waals surface area contributed by atoms with Gasteiger partial charge in [-0.2, -0.15) is 10.2 Å². The second-order valence-corrected chi connectivity index (χ2v) is 9.95. The number of amides is 1. The lowest BCUT2D eigenvalue weighted by molar-refractivity contribution is 0.0930. The predicted molar refractivity (Wildman–Crippen MR) is 150 cm³/mol. The highest BCUT2D eigenvalue weighted by Crippen LogP contribution is 2.36. The standard InChI is InChI=1S/C29H26N10O/c1-17-16-37(2)36-25(17)29(40)34-22-9-6-18-15-19(7-8-20(18)22)39-27(21-5-3-12-31-26(21)30)33-23-10-11-24(35-28(23)39)38-14-4-13-32-38/h3-5,7-8,10-16,22H,6,9H2,1-2H3,(H2,30,31)(H,34,40)/t22-/m0/s1.